The van der Waals surface area contributed by atoms with Gasteiger partial charge in [-0.25, -0.2) is 0 Å². The molecule has 110 valence electrons. The molecule has 5 heteroatoms. The Labute approximate surface area is 120 Å². The monoisotopic (exact) mass is 286 g/mol. The number of carbonyl (C=O) groups excluding carboxylic acids is 1. The summed E-state index contributed by atoms with van der Waals surface area (Å²) in [6.07, 6.45) is 5.69. The summed E-state index contributed by atoms with van der Waals surface area (Å²) in [4.78, 5) is 11.8. The maximum absolute atomic E-state index is 11.8. The maximum Gasteiger partial charge on any atom is 0.238 e. The van der Waals surface area contributed by atoms with Crippen LogP contribution in [0.1, 0.15) is 39.0 Å². The van der Waals surface area contributed by atoms with Gasteiger partial charge in [0.05, 0.1) is 6.10 Å². The van der Waals surface area contributed by atoms with Crippen LogP contribution in [0.15, 0.2) is 0 Å². The highest BCUT2D eigenvalue weighted by molar-refractivity contribution is 7.99. The summed E-state index contributed by atoms with van der Waals surface area (Å²) in [6.45, 7) is 3.05. The molecule has 1 saturated heterocycles. The van der Waals surface area contributed by atoms with Crippen molar-refractivity contribution >= 4 is 17.7 Å². The Morgan fingerprint density at radius 1 is 1.53 bits per heavy atom. The number of rotatable bonds is 6. The molecule has 4 nitrogen and oxygen atoms in total. The van der Waals surface area contributed by atoms with E-state index in [0.29, 0.717) is 17.3 Å². The molecule has 3 N–H and O–H groups in total. The van der Waals surface area contributed by atoms with Crippen molar-refractivity contribution in [2.24, 2.45) is 11.7 Å². The van der Waals surface area contributed by atoms with Crippen molar-refractivity contribution in [3.05, 3.63) is 0 Å². The third kappa shape index (κ3) is 3.09. The summed E-state index contributed by atoms with van der Waals surface area (Å²) in [6, 6.07) is 0. The van der Waals surface area contributed by atoms with Crippen molar-refractivity contribution in [3.63, 3.8) is 0 Å². The van der Waals surface area contributed by atoms with Gasteiger partial charge in [0.25, 0.3) is 0 Å². The van der Waals surface area contributed by atoms with E-state index in [1.165, 1.54) is 0 Å². The first-order valence-electron chi connectivity index (χ1n) is 7.32. The standard InChI is InChI=1S/C14H26N2O2S/c1-10-12(5-8-18-10)19-9-6-11-4-3-7-14(11,16-2)13(15)17/h10-12,16H,3-9H2,1-2H3,(H2,15,17). The summed E-state index contributed by atoms with van der Waals surface area (Å²) in [5.74, 6) is 1.31. The maximum atomic E-state index is 11.8. The molecule has 2 fully saturated rings. The van der Waals surface area contributed by atoms with Crippen molar-refractivity contribution in [2.45, 2.75) is 55.9 Å². The average Bonchev–Trinajstić information content (AvgIpc) is 2.97. The van der Waals surface area contributed by atoms with Crippen molar-refractivity contribution in [3.8, 4) is 0 Å². The third-order valence-electron chi connectivity index (χ3n) is 4.81. The SMILES string of the molecule is CNC1(C(N)=O)CCCC1CCSC1CCOC1C. The van der Waals surface area contributed by atoms with Crippen LogP contribution in [0.25, 0.3) is 0 Å². The molecule has 0 aromatic heterocycles. The second-order valence-corrected chi connectivity index (χ2v) is 7.08. The number of likely N-dealkylation sites (N-methyl/N-ethyl adjacent to an activating group) is 1. The smallest absolute Gasteiger partial charge is 0.238 e. The molecule has 2 rings (SSSR count). The fourth-order valence-corrected chi connectivity index (χ4v) is 4.87. The largest absolute Gasteiger partial charge is 0.377 e. The second-order valence-electron chi connectivity index (χ2n) is 5.74. The van der Waals surface area contributed by atoms with Gasteiger partial charge < -0.3 is 15.8 Å². The van der Waals surface area contributed by atoms with Crippen LogP contribution in [0.5, 0.6) is 0 Å². The van der Waals surface area contributed by atoms with Crippen molar-refractivity contribution in [1.82, 2.24) is 5.32 Å². The molecule has 1 heterocycles. The molecule has 0 spiro atoms. The van der Waals surface area contributed by atoms with E-state index in [0.717, 1.165) is 44.5 Å². The van der Waals surface area contributed by atoms with Crippen LogP contribution in [0.4, 0.5) is 0 Å². The Morgan fingerprint density at radius 2 is 2.32 bits per heavy atom. The van der Waals surface area contributed by atoms with Crippen LogP contribution in [0.3, 0.4) is 0 Å². The van der Waals surface area contributed by atoms with Crippen molar-refractivity contribution in [1.29, 1.82) is 0 Å². The van der Waals surface area contributed by atoms with E-state index in [2.05, 4.69) is 12.2 Å². The van der Waals surface area contributed by atoms with E-state index >= 15 is 0 Å². The molecule has 4 atom stereocenters. The van der Waals surface area contributed by atoms with Crippen LogP contribution in [-0.2, 0) is 9.53 Å². The van der Waals surface area contributed by atoms with E-state index in [1.807, 2.05) is 18.8 Å². The molecule has 1 aliphatic carbocycles. The van der Waals surface area contributed by atoms with Crippen LogP contribution in [0, 0.1) is 5.92 Å². The quantitative estimate of drug-likeness (QED) is 0.777. The van der Waals surface area contributed by atoms with Gasteiger partial charge in [-0.15, -0.1) is 0 Å². The minimum Gasteiger partial charge on any atom is -0.377 e. The molecular formula is C14H26N2O2S. The summed E-state index contributed by atoms with van der Waals surface area (Å²) < 4.78 is 5.58. The number of thioether (sulfide) groups is 1. The zero-order chi connectivity index (χ0) is 13.9. The molecule has 1 amide bonds. The summed E-state index contributed by atoms with van der Waals surface area (Å²) in [5, 5.41) is 3.83. The van der Waals surface area contributed by atoms with Gasteiger partial charge in [0, 0.05) is 11.9 Å². The number of hydrogen-bond donors (Lipinski definition) is 2. The number of amides is 1. The predicted octanol–water partition coefficient (Wildman–Crippen LogP) is 1.53. The lowest BCUT2D eigenvalue weighted by Gasteiger charge is -2.32. The van der Waals surface area contributed by atoms with Crippen molar-refractivity contribution < 1.29 is 9.53 Å². The zero-order valence-corrected chi connectivity index (χ0v) is 12.8. The normalized spacial score (nSPS) is 38.7. The minimum absolute atomic E-state index is 0.180. The lowest BCUT2D eigenvalue weighted by atomic mass is 9.84. The summed E-state index contributed by atoms with van der Waals surface area (Å²) in [5.41, 5.74) is 5.16. The number of nitrogens with two attached hydrogens (primary N) is 1. The van der Waals surface area contributed by atoms with Gasteiger partial charge in [-0.05, 0) is 51.3 Å². The van der Waals surface area contributed by atoms with E-state index in [9.17, 15) is 4.79 Å². The van der Waals surface area contributed by atoms with Gasteiger partial charge in [-0.3, -0.25) is 4.79 Å². The van der Waals surface area contributed by atoms with Crippen LogP contribution >= 0.6 is 11.8 Å². The molecule has 4 unspecified atom stereocenters. The highest BCUT2D eigenvalue weighted by Crippen LogP contribution is 2.39. The molecule has 1 aliphatic heterocycles. The van der Waals surface area contributed by atoms with E-state index in [4.69, 9.17) is 10.5 Å². The van der Waals surface area contributed by atoms with Crippen LogP contribution in [-0.4, -0.2) is 42.2 Å². The fraction of sp³-hybridized carbons (Fsp3) is 0.929. The molecule has 2 aliphatic rings. The Morgan fingerprint density at radius 3 is 2.89 bits per heavy atom. The van der Waals surface area contributed by atoms with Crippen LogP contribution < -0.4 is 11.1 Å². The second kappa shape index (κ2) is 6.46. The molecule has 0 aromatic carbocycles. The lowest BCUT2D eigenvalue weighted by molar-refractivity contribution is -0.125. The Kier molecular flexibility index (Phi) is 5.15. The summed E-state index contributed by atoms with van der Waals surface area (Å²) >= 11 is 2.00. The molecule has 19 heavy (non-hydrogen) atoms. The highest BCUT2D eigenvalue weighted by Gasteiger charge is 2.46. The van der Waals surface area contributed by atoms with Crippen molar-refractivity contribution in [2.75, 3.05) is 19.4 Å². The number of nitrogens with one attached hydrogen (secondary N) is 1. The molecular weight excluding hydrogens is 260 g/mol. The number of primary amides is 1. The fourth-order valence-electron chi connectivity index (χ4n) is 3.54. The first-order valence-corrected chi connectivity index (χ1v) is 8.37. The van der Waals surface area contributed by atoms with Gasteiger partial charge >= 0.3 is 0 Å². The summed E-state index contributed by atoms with van der Waals surface area (Å²) in [7, 11) is 1.86. The number of carbonyl (C=O) groups is 1. The molecule has 1 saturated carbocycles. The minimum atomic E-state index is -0.460. The first kappa shape index (κ1) is 15.1. The number of ether oxygens (including phenoxy) is 1. The number of hydrogen-bond acceptors (Lipinski definition) is 4. The van der Waals surface area contributed by atoms with E-state index in [-0.39, 0.29) is 5.91 Å². The average molecular weight is 286 g/mol. The molecule has 0 aromatic rings. The molecule has 0 radical (unpaired) electrons. The van der Waals surface area contributed by atoms with Gasteiger partial charge in [-0.1, -0.05) is 6.42 Å². The Balaban J connectivity index is 1.83. The Bertz CT molecular complexity index is 327. The molecule has 0 bridgehead atoms. The zero-order valence-electron chi connectivity index (χ0n) is 12.0. The topological polar surface area (TPSA) is 64.3 Å². The van der Waals surface area contributed by atoms with Gasteiger partial charge in [-0.2, -0.15) is 11.8 Å². The Hall–Kier alpha value is -0.260. The van der Waals surface area contributed by atoms with Gasteiger partial charge in [0.2, 0.25) is 5.91 Å². The first-order chi connectivity index (χ1) is 9.10. The van der Waals surface area contributed by atoms with Crippen LogP contribution in [0.2, 0.25) is 0 Å². The van der Waals surface area contributed by atoms with E-state index in [1.54, 1.807) is 0 Å². The van der Waals surface area contributed by atoms with Gasteiger partial charge in [0.15, 0.2) is 0 Å². The van der Waals surface area contributed by atoms with E-state index < -0.39 is 5.54 Å². The predicted molar refractivity (Wildman–Crippen MR) is 79.2 cm³/mol. The highest BCUT2D eigenvalue weighted by atomic mass is 32.2. The third-order valence-corrected chi connectivity index (χ3v) is 6.33. The van der Waals surface area contributed by atoms with Gasteiger partial charge in [0.1, 0.15) is 5.54 Å². The lowest BCUT2D eigenvalue weighted by Crippen LogP contribution is -2.56.